The van der Waals surface area contributed by atoms with Crippen LogP contribution in [0, 0.1) is 6.92 Å². The van der Waals surface area contributed by atoms with Crippen LogP contribution >= 0.6 is 11.3 Å². The van der Waals surface area contributed by atoms with E-state index in [4.69, 9.17) is 9.15 Å². The van der Waals surface area contributed by atoms with Gasteiger partial charge in [0.25, 0.3) is 5.91 Å². The van der Waals surface area contributed by atoms with Crippen molar-refractivity contribution in [2.24, 2.45) is 0 Å². The van der Waals surface area contributed by atoms with Gasteiger partial charge in [-0.3, -0.25) is 14.5 Å². The Morgan fingerprint density at radius 2 is 1.82 bits per heavy atom. The number of thiazole rings is 1. The average Bonchev–Trinajstić information content (AvgIpc) is 3.36. The van der Waals surface area contributed by atoms with E-state index in [0.29, 0.717) is 26.7 Å². The number of amides is 1. The highest BCUT2D eigenvalue weighted by atomic mass is 32.1. The maximum absolute atomic E-state index is 13.6. The number of para-hydroxylation sites is 1. The van der Waals surface area contributed by atoms with E-state index in [-0.39, 0.29) is 16.8 Å². The summed E-state index contributed by atoms with van der Waals surface area (Å²) >= 11 is 1.05. The summed E-state index contributed by atoms with van der Waals surface area (Å²) in [5, 5.41) is 0.691. The maximum atomic E-state index is 13.6. The molecule has 34 heavy (non-hydrogen) atoms. The molecule has 5 rings (SSSR count). The molecule has 0 N–H and O–H groups in total. The molecular weight excluding hydrogens is 454 g/mol. The number of methoxy groups -OCH3 is 1. The third-order valence-electron chi connectivity index (χ3n) is 5.87. The van der Waals surface area contributed by atoms with Crippen LogP contribution in [-0.2, 0) is 4.74 Å². The summed E-state index contributed by atoms with van der Waals surface area (Å²) in [4.78, 5) is 47.6. The summed E-state index contributed by atoms with van der Waals surface area (Å²) in [5.41, 5.74) is 2.48. The number of benzene rings is 2. The Kier molecular flexibility index (Phi) is 5.21. The number of nitrogens with zero attached hydrogens (tertiary/aromatic N) is 3. The highest BCUT2D eigenvalue weighted by Gasteiger charge is 2.45. The topological polar surface area (TPSA) is 92.9 Å². The molecule has 1 atom stereocenters. The van der Waals surface area contributed by atoms with Gasteiger partial charge >= 0.3 is 5.97 Å². The minimum absolute atomic E-state index is 0.0159. The first-order valence-electron chi connectivity index (χ1n) is 10.5. The minimum Gasteiger partial charge on any atom is -0.465 e. The lowest BCUT2D eigenvalue weighted by atomic mass is 9.98. The average molecular weight is 476 g/mol. The number of aromatic nitrogens is 1. The second-order valence-electron chi connectivity index (χ2n) is 8.14. The summed E-state index contributed by atoms with van der Waals surface area (Å²) in [6.45, 7) is 1.68. The SMILES string of the molecule is COC(=O)c1sc(N2C(=O)c3oc4ccccc4c(=O)c3C2c2ccc(N(C)C)cc2)nc1C. The van der Waals surface area contributed by atoms with Crippen molar-refractivity contribution in [3.63, 3.8) is 0 Å². The van der Waals surface area contributed by atoms with Crippen LogP contribution in [0.5, 0.6) is 0 Å². The number of carbonyl (C=O) groups excluding carboxylic acids is 2. The van der Waals surface area contributed by atoms with Crippen LogP contribution in [0.4, 0.5) is 10.8 Å². The molecular formula is C25H21N3O5S. The van der Waals surface area contributed by atoms with Crippen LogP contribution in [-0.4, -0.2) is 38.1 Å². The van der Waals surface area contributed by atoms with Gasteiger partial charge in [-0.1, -0.05) is 35.6 Å². The summed E-state index contributed by atoms with van der Waals surface area (Å²) in [6, 6.07) is 13.7. The molecule has 0 fully saturated rings. The van der Waals surface area contributed by atoms with Crippen LogP contribution in [0.25, 0.3) is 11.0 Å². The molecule has 9 heteroatoms. The van der Waals surface area contributed by atoms with Gasteiger partial charge in [0.05, 0.1) is 29.8 Å². The molecule has 0 saturated heterocycles. The van der Waals surface area contributed by atoms with Gasteiger partial charge in [-0.2, -0.15) is 0 Å². The molecule has 4 aromatic rings. The van der Waals surface area contributed by atoms with Crippen molar-refractivity contribution in [3.8, 4) is 0 Å². The lowest BCUT2D eigenvalue weighted by molar-refractivity contribution is 0.0605. The first kappa shape index (κ1) is 21.8. The number of rotatable bonds is 4. The molecule has 1 amide bonds. The maximum Gasteiger partial charge on any atom is 0.350 e. The monoisotopic (exact) mass is 475 g/mol. The Morgan fingerprint density at radius 3 is 2.50 bits per heavy atom. The van der Waals surface area contributed by atoms with Crippen LogP contribution in [0.3, 0.4) is 0 Å². The smallest absolute Gasteiger partial charge is 0.350 e. The second-order valence-corrected chi connectivity index (χ2v) is 9.11. The number of aryl methyl sites for hydroxylation is 1. The van der Waals surface area contributed by atoms with Crippen molar-refractivity contribution in [3.05, 3.63) is 86.2 Å². The fourth-order valence-corrected chi connectivity index (χ4v) is 5.17. The summed E-state index contributed by atoms with van der Waals surface area (Å²) in [5.74, 6) is -1.03. The predicted molar refractivity (Wildman–Crippen MR) is 130 cm³/mol. The summed E-state index contributed by atoms with van der Waals surface area (Å²) in [7, 11) is 5.16. The summed E-state index contributed by atoms with van der Waals surface area (Å²) < 4.78 is 10.8. The van der Waals surface area contributed by atoms with Crippen LogP contribution in [0.2, 0.25) is 0 Å². The van der Waals surface area contributed by atoms with Gasteiger partial charge < -0.3 is 14.1 Å². The van der Waals surface area contributed by atoms with Crippen LogP contribution in [0.15, 0.2) is 57.7 Å². The molecule has 0 aliphatic carbocycles. The molecule has 0 saturated carbocycles. The normalized spacial score (nSPS) is 15.0. The number of hydrogen-bond donors (Lipinski definition) is 0. The molecule has 0 radical (unpaired) electrons. The molecule has 0 spiro atoms. The predicted octanol–water partition coefficient (Wildman–Crippen LogP) is 4.16. The third-order valence-corrected chi connectivity index (χ3v) is 7.00. The van der Waals surface area contributed by atoms with Gasteiger partial charge in [0, 0.05) is 19.8 Å². The lowest BCUT2D eigenvalue weighted by Gasteiger charge is -2.23. The van der Waals surface area contributed by atoms with E-state index in [1.54, 1.807) is 31.2 Å². The highest BCUT2D eigenvalue weighted by molar-refractivity contribution is 7.17. The van der Waals surface area contributed by atoms with Crippen LogP contribution < -0.4 is 15.2 Å². The molecule has 1 unspecified atom stereocenters. The highest BCUT2D eigenvalue weighted by Crippen LogP contribution is 2.43. The third kappa shape index (κ3) is 3.28. The Labute approximate surface area is 199 Å². The van der Waals surface area contributed by atoms with Crippen molar-refractivity contribution >= 4 is 45.0 Å². The fourth-order valence-electron chi connectivity index (χ4n) is 4.15. The van der Waals surface area contributed by atoms with Gasteiger partial charge in [0.2, 0.25) is 5.76 Å². The first-order chi connectivity index (χ1) is 16.3. The zero-order chi connectivity index (χ0) is 24.1. The number of ether oxygens (including phenoxy) is 1. The van der Waals surface area contributed by atoms with Crippen molar-refractivity contribution < 1.29 is 18.7 Å². The zero-order valence-electron chi connectivity index (χ0n) is 19.0. The Morgan fingerprint density at radius 1 is 1.12 bits per heavy atom. The fraction of sp³-hybridized carbons (Fsp3) is 0.200. The standard InChI is InChI=1S/C25H21N3O5S/c1-13-22(24(31)32-4)34-25(26-13)28-19(14-9-11-15(12-10-14)27(2)3)18-20(29)16-7-5-6-8-17(16)33-21(18)23(28)30/h5-12,19H,1-4H3. The molecule has 8 nitrogen and oxygen atoms in total. The van der Waals surface area contributed by atoms with E-state index in [1.807, 2.05) is 43.3 Å². The molecule has 0 bridgehead atoms. The molecule has 3 heterocycles. The van der Waals surface area contributed by atoms with Crippen molar-refractivity contribution in [1.82, 2.24) is 4.98 Å². The Bertz CT molecular complexity index is 1500. The first-order valence-corrected chi connectivity index (χ1v) is 11.4. The molecule has 1 aliphatic rings. The van der Waals surface area contributed by atoms with E-state index < -0.39 is 17.9 Å². The molecule has 1 aliphatic heterocycles. The van der Waals surface area contributed by atoms with Gasteiger partial charge in [0.1, 0.15) is 10.5 Å². The number of anilines is 2. The largest absolute Gasteiger partial charge is 0.465 e. The lowest BCUT2D eigenvalue weighted by Crippen LogP contribution is -2.29. The van der Waals surface area contributed by atoms with E-state index >= 15 is 0 Å². The number of carbonyl (C=O) groups is 2. The van der Waals surface area contributed by atoms with Crippen molar-refractivity contribution in [1.29, 1.82) is 0 Å². The summed E-state index contributed by atoms with van der Waals surface area (Å²) in [6.07, 6.45) is 0. The van der Waals surface area contributed by atoms with Gasteiger partial charge in [-0.25, -0.2) is 9.78 Å². The van der Waals surface area contributed by atoms with Gasteiger partial charge in [0.15, 0.2) is 10.6 Å². The molecule has 172 valence electrons. The molecule has 2 aromatic heterocycles. The van der Waals surface area contributed by atoms with Crippen LogP contribution in [0.1, 0.15) is 43.1 Å². The van der Waals surface area contributed by atoms with Crippen molar-refractivity contribution in [2.45, 2.75) is 13.0 Å². The van der Waals surface area contributed by atoms with Gasteiger partial charge in [-0.15, -0.1) is 0 Å². The minimum atomic E-state index is -0.754. The van der Waals surface area contributed by atoms with Gasteiger partial charge in [-0.05, 0) is 36.8 Å². The van der Waals surface area contributed by atoms with Crippen molar-refractivity contribution in [2.75, 3.05) is 31.0 Å². The number of hydrogen-bond acceptors (Lipinski definition) is 8. The quantitative estimate of drug-likeness (QED) is 0.409. The second kappa shape index (κ2) is 8.11. The number of esters is 1. The van der Waals surface area contributed by atoms with E-state index in [9.17, 15) is 14.4 Å². The van der Waals surface area contributed by atoms with E-state index in [1.165, 1.54) is 12.0 Å². The Hall–Kier alpha value is -3.98. The zero-order valence-corrected chi connectivity index (χ0v) is 19.8. The Balaban J connectivity index is 1.75. The van der Waals surface area contributed by atoms with E-state index in [2.05, 4.69) is 4.98 Å². The molecule has 2 aromatic carbocycles. The van der Waals surface area contributed by atoms with E-state index in [0.717, 1.165) is 22.6 Å². The number of fused-ring (bicyclic) bond motifs is 2.